The van der Waals surface area contributed by atoms with Gasteiger partial charge < -0.3 is 4.74 Å². The van der Waals surface area contributed by atoms with Gasteiger partial charge in [-0.15, -0.1) is 6.42 Å². The number of hydrogen-bond acceptors (Lipinski definition) is 3. The van der Waals surface area contributed by atoms with Gasteiger partial charge in [-0.05, 0) is 54.8 Å². The van der Waals surface area contributed by atoms with E-state index >= 15 is 0 Å². The van der Waals surface area contributed by atoms with Gasteiger partial charge in [-0.25, -0.2) is 17.5 Å². The molecule has 2 aromatic rings. The van der Waals surface area contributed by atoms with Crippen molar-refractivity contribution in [2.75, 3.05) is 13.2 Å². The predicted octanol–water partition coefficient (Wildman–Crippen LogP) is 2.67. The van der Waals surface area contributed by atoms with Crippen molar-refractivity contribution in [1.29, 1.82) is 0 Å². The van der Waals surface area contributed by atoms with Crippen molar-refractivity contribution in [1.82, 2.24) is 4.72 Å². The number of nitrogens with one attached hydrogen (secondary N) is 1. The maximum absolute atomic E-state index is 13.2. The first-order valence-electron chi connectivity index (χ1n) is 7.33. The molecule has 4 nitrogen and oxygen atoms in total. The normalized spacial score (nSPS) is 11.0. The molecule has 0 fully saturated rings. The fourth-order valence-electron chi connectivity index (χ4n) is 2.07. The molecule has 2 aromatic carbocycles. The zero-order valence-electron chi connectivity index (χ0n) is 13.3. The van der Waals surface area contributed by atoms with E-state index < -0.39 is 15.8 Å². The van der Waals surface area contributed by atoms with Crippen LogP contribution in [0.5, 0.6) is 5.75 Å². The fourth-order valence-corrected chi connectivity index (χ4v) is 3.19. The Labute approximate surface area is 141 Å². The molecule has 0 bridgehead atoms. The summed E-state index contributed by atoms with van der Waals surface area (Å²) < 4.78 is 45.4. The van der Waals surface area contributed by atoms with Crippen molar-refractivity contribution in [3.63, 3.8) is 0 Å². The first kappa shape index (κ1) is 18.0. The van der Waals surface area contributed by atoms with E-state index in [0.717, 1.165) is 11.6 Å². The van der Waals surface area contributed by atoms with Gasteiger partial charge in [0.05, 0.1) is 4.90 Å². The molecule has 6 heteroatoms. The number of halogens is 1. The van der Waals surface area contributed by atoms with Gasteiger partial charge in [0, 0.05) is 6.54 Å². The molecular formula is C18H18FNO3S. The molecule has 0 atom stereocenters. The number of ether oxygens (including phenoxy) is 1. The van der Waals surface area contributed by atoms with Gasteiger partial charge in [-0.2, -0.15) is 0 Å². The molecule has 0 aliphatic heterocycles. The topological polar surface area (TPSA) is 55.4 Å². The number of rotatable bonds is 7. The van der Waals surface area contributed by atoms with Crippen LogP contribution in [0.3, 0.4) is 0 Å². The lowest BCUT2D eigenvalue weighted by Crippen LogP contribution is -2.26. The highest BCUT2D eigenvalue weighted by Gasteiger charge is 2.14. The maximum Gasteiger partial charge on any atom is 0.240 e. The summed E-state index contributed by atoms with van der Waals surface area (Å²) in [5.41, 5.74) is 1.25. The Balaban J connectivity index is 1.93. The number of benzene rings is 2. The lowest BCUT2D eigenvalue weighted by molar-refractivity contribution is 0.370. The van der Waals surface area contributed by atoms with E-state index in [0.29, 0.717) is 17.7 Å². The van der Waals surface area contributed by atoms with E-state index in [1.54, 1.807) is 12.1 Å². The van der Waals surface area contributed by atoms with Crippen LogP contribution < -0.4 is 9.46 Å². The Morgan fingerprint density at radius 1 is 1.21 bits per heavy atom. The summed E-state index contributed by atoms with van der Waals surface area (Å²) >= 11 is 0. The highest BCUT2D eigenvalue weighted by molar-refractivity contribution is 7.89. The van der Waals surface area contributed by atoms with Crippen molar-refractivity contribution < 1.29 is 17.5 Å². The summed E-state index contributed by atoms with van der Waals surface area (Å²) in [6.07, 6.45) is 5.64. The zero-order chi connectivity index (χ0) is 17.6. The molecule has 0 spiro atoms. The van der Waals surface area contributed by atoms with E-state index in [1.807, 2.05) is 12.1 Å². The van der Waals surface area contributed by atoms with Gasteiger partial charge in [-0.3, -0.25) is 0 Å². The average Bonchev–Trinajstić information content (AvgIpc) is 2.56. The minimum atomic E-state index is -3.65. The Morgan fingerprint density at radius 2 is 1.92 bits per heavy atom. The molecule has 0 saturated heterocycles. The molecule has 24 heavy (non-hydrogen) atoms. The third kappa shape index (κ3) is 4.82. The lowest BCUT2D eigenvalue weighted by atomic mass is 10.1. The van der Waals surface area contributed by atoms with Gasteiger partial charge in [0.2, 0.25) is 10.0 Å². The molecule has 2 rings (SSSR count). The summed E-state index contributed by atoms with van der Waals surface area (Å²) in [6.45, 7) is 1.97. The van der Waals surface area contributed by atoms with Crippen LogP contribution in [0.25, 0.3) is 0 Å². The number of aryl methyl sites for hydroxylation is 1. The summed E-state index contributed by atoms with van der Waals surface area (Å²) in [5, 5.41) is 0. The third-order valence-electron chi connectivity index (χ3n) is 3.39. The summed E-state index contributed by atoms with van der Waals surface area (Å²) in [6, 6.07) is 11.0. The standard InChI is InChI=1S/C18H18FNO3S/c1-3-12-23-16-6-4-15(5-7-16)10-11-20-24(21,22)17-8-9-18(19)14(2)13-17/h1,4-9,13,20H,10-12H2,2H3. The first-order chi connectivity index (χ1) is 11.4. The van der Waals surface area contributed by atoms with Crippen molar-refractivity contribution in [2.45, 2.75) is 18.2 Å². The van der Waals surface area contributed by atoms with Crippen LogP contribution >= 0.6 is 0 Å². The van der Waals surface area contributed by atoms with Crippen molar-refractivity contribution >= 4 is 10.0 Å². The molecule has 126 valence electrons. The summed E-state index contributed by atoms with van der Waals surface area (Å²) in [7, 11) is -3.65. The second-order valence-electron chi connectivity index (χ2n) is 5.20. The molecule has 0 unspecified atom stereocenters. The Bertz CT molecular complexity index is 840. The average molecular weight is 347 g/mol. The molecule has 0 aromatic heterocycles. The maximum atomic E-state index is 13.2. The van der Waals surface area contributed by atoms with Crippen molar-refractivity contribution in [2.24, 2.45) is 0 Å². The number of hydrogen-bond donors (Lipinski definition) is 1. The van der Waals surface area contributed by atoms with Crippen LogP contribution in [0.2, 0.25) is 0 Å². The number of terminal acetylenes is 1. The van der Waals surface area contributed by atoms with E-state index in [9.17, 15) is 12.8 Å². The van der Waals surface area contributed by atoms with Gasteiger partial charge in [0.25, 0.3) is 0 Å². The van der Waals surface area contributed by atoms with Crippen LogP contribution in [0.1, 0.15) is 11.1 Å². The van der Waals surface area contributed by atoms with E-state index in [4.69, 9.17) is 11.2 Å². The van der Waals surface area contributed by atoms with E-state index in [2.05, 4.69) is 10.6 Å². The van der Waals surface area contributed by atoms with Gasteiger partial charge >= 0.3 is 0 Å². The second-order valence-corrected chi connectivity index (χ2v) is 6.96. The van der Waals surface area contributed by atoms with Crippen LogP contribution in [-0.2, 0) is 16.4 Å². The molecule has 0 radical (unpaired) electrons. The highest BCUT2D eigenvalue weighted by atomic mass is 32.2. The Hall–Kier alpha value is -2.36. The van der Waals surface area contributed by atoms with Gasteiger partial charge in [-0.1, -0.05) is 18.1 Å². The molecule has 0 saturated carbocycles. The Kier molecular flexibility index (Phi) is 5.96. The van der Waals surface area contributed by atoms with E-state index in [1.165, 1.54) is 19.1 Å². The van der Waals surface area contributed by atoms with Crippen molar-refractivity contribution in [3.8, 4) is 18.1 Å². The molecule has 0 aliphatic rings. The lowest BCUT2D eigenvalue weighted by Gasteiger charge is -2.08. The number of sulfonamides is 1. The molecule has 0 aliphatic carbocycles. The monoisotopic (exact) mass is 347 g/mol. The summed E-state index contributed by atoms with van der Waals surface area (Å²) in [4.78, 5) is 0.0550. The molecule has 1 N–H and O–H groups in total. The first-order valence-corrected chi connectivity index (χ1v) is 8.82. The quantitative estimate of drug-likeness (QED) is 0.784. The molecular weight excluding hydrogens is 329 g/mol. The fraction of sp³-hybridized carbons (Fsp3) is 0.222. The van der Waals surface area contributed by atoms with E-state index in [-0.39, 0.29) is 18.0 Å². The van der Waals surface area contributed by atoms with Crippen LogP contribution in [0.15, 0.2) is 47.4 Å². The largest absolute Gasteiger partial charge is 0.481 e. The minimum absolute atomic E-state index is 0.0550. The molecule has 0 heterocycles. The predicted molar refractivity (Wildman–Crippen MR) is 90.8 cm³/mol. The van der Waals surface area contributed by atoms with Crippen LogP contribution in [0, 0.1) is 25.1 Å². The van der Waals surface area contributed by atoms with Crippen LogP contribution in [0.4, 0.5) is 4.39 Å². The smallest absolute Gasteiger partial charge is 0.240 e. The molecule has 0 amide bonds. The van der Waals surface area contributed by atoms with Gasteiger partial charge in [0.1, 0.15) is 18.2 Å². The zero-order valence-corrected chi connectivity index (χ0v) is 14.1. The third-order valence-corrected chi connectivity index (χ3v) is 4.85. The Morgan fingerprint density at radius 3 is 2.54 bits per heavy atom. The minimum Gasteiger partial charge on any atom is -0.481 e. The second kappa shape index (κ2) is 7.95. The summed E-state index contributed by atoms with van der Waals surface area (Å²) in [5.74, 6) is 2.62. The highest BCUT2D eigenvalue weighted by Crippen LogP contribution is 2.15. The van der Waals surface area contributed by atoms with Crippen molar-refractivity contribution in [3.05, 3.63) is 59.4 Å². The SMILES string of the molecule is C#CCOc1ccc(CCNS(=O)(=O)c2ccc(F)c(C)c2)cc1. The van der Waals surface area contributed by atoms with Gasteiger partial charge in [0.15, 0.2) is 0 Å². The van der Waals surface area contributed by atoms with Crippen LogP contribution in [-0.4, -0.2) is 21.6 Å².